The summed E-state index contributed by atoms with van der Waals surface area (Å²) in [5.41, 5.74) is 0. The Bertz CT molecular complexity index is 274. The van der Waals surface area contributed by atoms with Crippen molar-refractivity contribution in [3.05, 3.63) is 0 Å². The average molecular weight is 212 g/mol. The van der Waals surface area contributed by atoms with Crippen LogP contribution in [0, 0.1) is 11.8 Å². The van der Waals surface area contributed by atoms with Gasteiger partial charge in [-0.3, -0.25) is 9.59 Å². The zero-order chi connectivity index (χ0) is 10.8. The van der Waals surface area contributed by atoms with Crippen LogP contribution in [0.3, 0.4) is 0 Å². The van der Waals surface area contributed by atoms with E-state index in [1.807, 2.05) is 0 Å². The molecule has 0 N–H and O–H groups in total. The summed E-state index contributed by atoms with van der Waals surface area (Å²) in [5, 5.41) is 0. The predicted molar refractivity (Wildman–Crippen MR) is 52.0 cm³/mol. The van der Waals surface area contributed by atoms with Crippen LogP contribution in [0.5, 0.6) is 0 Å². The number of fused-ring (bicyclic) bond motifs is 1. The lowest BCUT2D eigenvalue weighted by Gasteiger charge is -2.24. The number of hydrogen-bond donors (Lipinski definition) is 0. The molecule has 0 aromatic carbocycles. The van der Waals surface area contributed by atoms with E-state index in [2.05, 4.69) is 0 Å². The van der Waals surface area contributed by atoms with Gasteiger partial charge in [0.1, 0.15) is 6.10 Å². The third-order valence-corrected chi connectivity index (χ3v) is 3.24. The van der Waals surface area contributed by atoms with E-state index in [9.17, 15) is 9.59 Å². The van der Waals surface area contributed by atoms with Gasteiger partial charge < -0.3 is 9.47 Å². The SMILES string of the molecule is CCOC(=O)[C@H]1C(=O)O[C@H]2CCCC[C@H]12. The van der Waals surface area contributed by atoms with E-state index in [-0.39, 0.29) is 18.0 Å². The summed E-state index contributed by atoms with van der Waals surface area (Å²) in [7, 11) is 0. The van der Waals surface area contributed by atoms with E-state index >= 15 is 0 Å². The van der Waals surface area contributed by atoms with Gasteiger partial charge in [-0.25, -0.2) is 0 Å². The molecule has 2 rings (SSSR count). The van der Waals surface area contributed by atoms with E-state index < -0.39 is 11.9 Å². The highest BCUT2D eigenvalue weighted by molar-refractivity contribution is 5.96. The van der Waals surface area contributed by atoms with E-state index in [1.54, 1.807) is 6.92 Å². The fourth-order valence-corrected chi connectivity index (χ4v) is 2.55. The van der Waals surface area contributed by atoms with Crippen molar-refractivity contribution in [2.24, 2.45) is 11.8 Å². The molecule has 0 spiro atoms. The van der Waals surface area contributed by atoms with Crippen LogP contribution in [0.4, 0.5) is 0 Å². The molecule has 1 aliphatic heterocycles. The van der Waals surface area contributed by atoms with Crippen molar-refractivity contribution in [2.75, 3.05) is 6.61 Å². The van der Waals surface area contributed by atoms with Gasteiger partial charge in [-0.15, -0.1) is 0 Å². The van der Waals surface area contributed by atoms with Crippen LogP contribution in [0.1, 0.15) is 32.6 Å². The first-order valence-electron chi connectivity index (χ1n) is 5.61. The fourth-order valence-electron chi connectivity index (χ4n) is 2.55. The third kappa shape index (κ3) is 1.85. The van der Waals surface area contributed by atoms with Crippen LogP contribution >= 0.6 is 0 Å². The molecule has 0 radical (unpaired) electrons. The molecule has 0 unspecified atom stereocenters. The molecule has 0 aromatic heterocycles. The number of esters is 2. The molecule has 3 atom stereocenters. The monoisotopic (exact) mass is 212 g/mol. The summed E-state index contributed by atoms with van der Waals surface area (Å²) < 4.78 is 10.1. The Morgan fingerprint density at radius 1 is 1.47 bits per heavy atom. The van der Waals surface area contributed by atoms with Gasteiger partial charge in [0, 0.05) is 5.92 Å². The third-order valence-electron chi connectivity index (χ3n) is 3.24. The highest BCUT2D eigenvalue weighted by atomic mass is 16.6. The maximum Gasteiger partial charge on any atom is 0.321 e. The maximum absolute atomic E-state index is 11.6. The molecule has 4 heteroatoms. The van der Waals surface area contributed by atoms with Crippen LogP contribution < -0.4 is 0 Å². The molecule has 2 aliphatic rings. The second-order valence-corrected chi connectivity index (χ2v) is 4.15. The Balaban J connectivity index is 2.09. The van der Waals surface area contributed by atoms with Crippen molar-refractivity contribution in [1.29, 1.82) is 0 Å². The van der Waals surface area contributed by atoms with Gasteiger partial charge in [0.05, 0.1) is 6.61 Å². The largest absolute Gasteiger partial charge is 0.465 e. The molecular formula is C11H16O4. The first kappa shape index (κ1) is 10.5. The Kier molecular flexibility index (Phi) is 2.93. The van der Waals surface area contributed by atoms with E-state index in [0.717, 1.165) is 25.7 Å². The number of ether oxygens (including phenoxy) is 2. The van der Waals surface area contributed by atoms with Crippen LogP contribution in [-0.4, -0.2) is 24.6 Å². The molecule has 0 aromatic rings. The molecule has 1 aliphatic carbocycles. The molecular weight excluding hydrogens is 196 g/mol. The van der Waals surface area contributed by atoms with Gasteiger partial charge in [-0.05, 0) is 26.2 Å². The van der Waals surface area contributed by atoms with Gasteiger partial charge in [0.15, 0.2) is 5.92 Å². The zero-order valence-electron chi connectivity index (χ0n) is 8.90. The van der Waals surface area contributed by atoms with Crippen LogP contribution in [-0.2, 0) is 19.1 Å². The topological polar surface area (TPSA) is 52.6 Å². The molecule has 4 nitrogen and oxygen atoms in total. The molecule has 15 heavy (non-hydrogen) atoms. The summed E-state index contributed by atoms with van der Waals surface area (Å²) >= 11 is 0. The predicted octanol–water partition coefficient (Wildman–Crippen LogP) is 1.28. The van der Waals surface area contributed by atoms with Gasteiger partial charge in [0.25, 0.3) is 0 Å². The standard InChI is InChI=1S/C11H16O4/c1-2-14-10(12)9-7-5-3-4-6-8(7)15-11(9)13/h7-9H,2-6H2,1H3/t7-,8-,9-/m0/s1. The maximum atomic E-state index is 11.6. The van der Waals surface area contributed by atoms with Crippen molar-refractivity contribution >= 4 is 11.9 Å². The Morgan fingerprint density at radius 2 is 2.20 bits per heavy atom. The second kappa shape index (κ2) is 4.21. The van der Waals surface area contributed by atoms with Crippen molar-refractivity contribution in [3.8, 4) is 0 Å². The molecule has 84 valence electrons. The summed E-state index contributed by atoms with van der Waals surface area (Å²) in [6.45, 7) is 2.07. The molecule has 1 heterocycles. The lowest BCUT2D eigenvalue weighted by Crippen LogP contribution is -2.31. The quantitative estimate of drug-likeness (QED) is 0.511. The van der Waals surface area contributed by atoms with Crippen LogP contribution in [0.15, 0.2) is 0 Å². The lowest BCUT2D eigenvalue weighted by atomic mass is 9.80. The fraction of sp³-hybridized carbons (Fsp3) is 0.818. The average Bonchev–Trinajstić information content (AvgIpc) is 2.54. The summed E-state index contributed by atoms with van der Waals surface area (Å²) in [4.78, 5) is 23.1. The van der Waals surface area contributed by atoms with E-state index in [0.29, 0.717) is 6.61 Å². The molecule has 2 fully saturated rings. The van der Waals surface area contributed by atoms with Crippen molar-refractivity contribution in [1.82, 2.24) is 0 Å². The summed E-state index contributed by atoms with van der Waals surface area (Å²) in [6, 6.07) is 0. The molecule has 1 saturated heterocycles. The Labute approximate surface area is 88.9 Å². The van der Waals surface area contributed by atoms with Gasteiger partial charge in [0.2, 0.25) is 0 Å². The smallest absolute Gasteiger partial charge is 0.321 e. The number of carbonyl (C=O) groups excluding carboxylic acids is 2. The van der Waals surface area contributed by atoms with Gasteiger partial charge in [-0.1, -0.05) is 6.42 Å². The van der Waals surface area contributed by atoms with E-state index in [1.165, 1.54) is 0 Å². The van der Waals surface area contributed by atoms with Crippen LogP contribution in [0.2, 0.25) is 0 Å². The van der Waals surface area contributed by atoms with Crippen molar-refractivity contribution in [2.45, 2.75) is 38.7 Å². The normalized spacial score (nSPS) is 34.5. The summed E-state index contributed by atoms with van der Waals surface area (Å²) in [6.07, 6.45) is 3.92. The molecule has 0 bridgehead atoms. The number of hydrogen-bond acceptors (Lipinski definition) is 4. The minimum Gasteiger partial charge on any atom is -0.465 e. The number of carbonyl (C=O) groups is 2. The van der Waals surface area contributed by atoms with E-state index in [4.69, 9.17) is 9.47 Å². The zero-order valence-corrected chi connectivity index (χ0v) is 8.90. The highest BCUT2D eigenvalue weighted by Crippen LogP contribution is 2.39. The van der Waals surface area contributed by atoms with Gasteiger partial charge >= 0.3 is 11.9 Å². The second-order valence-electron chi connectivity index (χ2n) is 4.15. The number of rotatable bonds is 2. The first-order valence-corrected chi connectivity index (χ1v) is 5.61. The minimum absolute atomic E-state index is 0.0411. The molecule has 1 saturated carbocycles. The van der Waals surface area contributed by atoms with Gasteiger partial charge in [-0.2, -0.15) is 0 Å². The van der Waals surface area contributed by atoms with Crippen molar-refractivity contribution < 1.29 is 19.1 Å². The Hall–Kier alpha value is -1.06. The molecule has 0 amide bonds. The van der Waals surface area contributed by atoms with Crippen molar-refractivity contribution in [3.63, 3.8) is 0 Å². The summed E-state index contributed by atoms with van der Waals surface area (Å²) in [5.74, 6) is -1.39. The van der Waals surface area contributed by atoms with Crippen LogP contribution in [0.25, 0.3) is 0 Å². The lowest BCUT2D eigenvalue weighted by molar-refractivity contribution is -0.156. The minimum atomic E-state index is -0.657. The Morgan fingerprint density at radius 3 is 2.93 bits per heavy atom. The first-order chi connectivity index (χ1) is 7.24. The highest BCUT2D eigenvalue weighted by Gasteiger charge is 2.49.